The quantitative estimate of drug-likeness (QED) is 0.673. The van der Waals surface area contributed by atoms with Crippen molar-refractivity contribution in [1.82, 2.24) is 0 Å². The van der Waals surface area contributed by atoms with Gasteiger partial charge < -0.3 is 10.2 Å². The molecular weight excluding hydrogens is 286 g/mol. The molecule has 3 nitrogen and oxygen atoms in total. The highest BCUT2D eigenvalue weighted by molar-refractivity contribution is 5.26. The van der Waals surface area contributed by atoms with Crippen molar-refractivity contribution in [2.75, 3.05) is 0 Å². The first-order chi connectivity index (χ1) is 10.9. The SMILES string of the molecule is C[C@]12CC[C@H]3[C@@H](CC=C4C[C@@H](O)CC[C@@]43C)[C@@H]1[C@@H](C#N)C[C@@H]2O. The van der Waals surface area contributed by atoms with Crippen LogP contribution in [0.4, 0.5) is 0 Å². The van der Waals surface area contributed by atoms with E-state index in [1.165, 1.54) is 5.57 Å². The number of allylic oxidation sites excluding steroid dienone is 1. The average molecular weight is 315 g/mol. The van der Waals surface area contributed by atoms with Gasteiger partial charge in [0.15, 0.2) is 0 Å². The van der Waals surface area contributed by atoms with E-state index in [-0.39, 0.29) is 29.0 Å². The topological polar surface area (TPSA) is 64.2 Å². The maximum absolute atomic E-state index is 10.6. The fraction of sp³-hybridized carbons (Fsp3) is 0.850. The molecule has 0 amide bonds. The van der Waals surface area contributed by atoms with E-state index in [9.17, 15) is 15.5 Å². The number of hydrogen-bond acceptors (Lipinski definition) is 3. The lowest BCUT2D eigenvalue weighted by atomic mass is 9.47. The number of nitrogens with zero attached hydrogens (tertiary/aromatic N) is 1. The molecule has 3 fully saturated rings. The smallest absolute Gasteiger partial charge is 0.0660 e. The average Bonchev–Trinajstić information content (AvgIpc) is 2.79. The second-order valence-electron chi connectivity index (χ2n) is 9.11. The van der Waals surface area contributed by atoms with E-state index < -0.39 is 0 Å². The van der Waals surface area contributed by atoms with Crippen LogP contribution >= 0.6 is 0 Å². The van der Waals surface area contributed by atoms with Gasteiger partial charge in [0.25, 0.3) is 0 Å². The van der Waals surface area contributed by atoms with Crippen LogP contribution in [0.15, 0.2) is 11.6 Å². The van der Waals surface area contributed by atoms with Crippen LogP contribution < -0.4 is 0 Å². The second-order valence-corrected chi connectivity index (χ2v) is 9.11. The molecule has 4 aliphatic carbocycles. The first-order valence-corrected chi connectivity index (χ1v) is 9.35. The van der Waals surface area contributed by atoms with Crippen LogP contribution in [0.25, 0.3) is 0 Å². The molecule has 4 aliphatic rings. The fourth-order valence-corrected chi connectivity index (χ4v) is 6.86. The highest BCUT2D eigenvalue weighted by atomic mass is 16.3. The Kier molecular flexibility index (Phi) is 3.45. The number of aliphatic hydroxyl groups excluding tert-OH is 2. The highest BCUT2D eigenvalue weighted by Gasteiger charge is 2.61. The maximum Gasteiger partial charge on any atom is 0.0660 e. The molecule has 0 heterocycles. The molecule has 0 bridgehead atoms. The van der Waals surface area contributed by atoms with E-state index in [0.29, 0.717) is 24.2 Å². The fourth-order valence-electron chi connectivity index (χ4n) is 6.86. The largest absolute Gasteiger partial charge is 0.393 e. The minimum absolute atomic E-state index is 0.00975. The van der Waals surface area contributed by atoms with Crippen LogP contribution in [0.3, 0.4) is 0 Å². The molecule has 0 unspecified atom stereocenters. The van der Waals surface area contributed by atoms with Gasteiger partial charge >= 0.3 is 0 Å². The van der Waals surface area contributed by atoms with Gasteiger partial charge in [-0.05, 0) is 73.5 Å². The summed E-state index contributed by atoms with van der Waals surface area (Å²) in [6, 6.07) is 2.52. The zero-order valence-corrected chi connectivity index (χ0v) is 14.3. The zero-order valence-electron chi connectivity index (χ0n) is 14.3. The van der Waals surface area contributed by atoms with Crippen molar-refractivity contribution >= 4 is 0 Å². The normalized spacial score (nSPS) is 55.2. The monoisotopic (exact) mass is 315 g/mol. The molecule has 8 atom stereocenters. The van der Waals surface area contributed by atoms with E-state index in [2.05, 4.69) is 26.0 Å². The molecule has 0 aromatic rings. The Labute approximate surface area is 139 Å². The first kappa shape index (κ1) is 15.7. The van der Waals surface area contributed by atoms with Gasteiger partial charge in [-0.1, -0.05) is 25.5 Å². The van der Waals surface area contributed by atoms with Gasteiger partial charge in [-0.2, -0.15) is 5.26 Å². The Balaban J connectivity index is 1.72. The Morgan fingerprint density at radius 2 is 2.00 bits per heavy atom. The number of fused-ring (bicyclic) bond motifs is 5. The Morgan fingerprint density at radius 1 is 1.22 bits per heavy atom. The summed E-state index contributed by atoms with van der Waals surface area (Å²) in [4.78, 5) is 0. The van der Waals surface area contributed by atoms with Gasteiger partial charge in [0.2, 0.25) is 0 Å². The van der Waals surface area contributed by atoms with Crippen molar-refractivity contribution in [2.24, 2.45) is 34.5 Å². The first-order valence-electron chi connectivity index (χ1n) is 9.35. The third-order valence-electron chi connectivity index (χ3n) is 8.21. The molecule has 2 N–H and O–H groups in total. The van der Waals surface area contributed by atoms with Gasteiger partial charge in [0, 0.05) is 0 Å². The van der Waals surface area contributed by atoms with Crippen molar-refractivity contribution in [3.05, 3.63) is 11.6 Å². The summed E-state index contributed by atoms with van der Waals surface area (Å²) in [5, 5.41) is 30.3. The summed E-state index contributed by atoms with van der Waals surface area (Å²) in [7, 11) is 0. The summed E-state index contributed by atoms with van der Waals surface area (Å²) in [6.07, 6.45) is 8.62. The molecule has 0 aromatic carbocycles. The minimum Gasteiger partial charge on any atom is -0.393 e. The lowest BCUT2D eigenvalue weighted by Gasteiger charge is -2.57. The molecule has 0 spiro atoms. The Morgan fingerprint density at radius 3 is 2.74 bits per heavy atom. The molecule has 126 valence electrons. The molecule has 0 saturated heterocycles. The Bertz CT molecular complexity index is 579. The number of hydrogen-bond donors (Lipinski definition) is 2. The molecule has 3 saturated carbocycles. The van der Waals surface area contributed by atoms with Crippen LogP contribution in [0.5, 0.6) is 0 Å². The van der Waals surface area contributed by atoms with E-state index in [1.807, 2.05) is 0 Å². The molecule has 0 aromatic heterocycles. The van der Waals surface area contributed by atoms with Crippen LogP contribution in [-0.4, -0.2) is 22.4 Å². The van der Waals surface area contributed by atoms with Crippen molar-refractivity contribution in [3.8, 4) is 6.07 Å². The van der Waals surface area contributed by atoms with Gasteiger partial charge in [-0.15, -0.1) is 0 Å². The summed E-state index contributed by atoms with van der Waals surface area (Å²) >= 11 is 0. The van der Waals surface area contributed by atoms with Crippen LogP contribution in [0, 0.1) is 45.8 Å². The summed E-state index contributed by atoms with van der Waals surface area (Å²) in [6.45, 7) is 4.62. The molecular formula is C20H29NO2. The predicted molar refractivity (Wildman–Crippen MR) is 88.2 cm³/mol. The molecule has 0 aliphatic heterocycles. The lowest BCUT2D eigenvalue weighted by Crippen LogP contribution is -2.52. The number of nitriles is 1. The standard InChI is InChI=1S/C20H29NO2/c1-19-7-5-14(22)10-13(19)3-4-15-16(19)6-8-20(2)17(23)9-12(11-21)18(15)20/h3,12,14-18,22-23H,4-10H2,1-2H3/t12-,14+,15-,16+,17+,18+,19+,20-/m1/s1. The van der Waals surface area contributed by atoms with Crippen molar-refractivity contribution in [2.45, 2.75) is 71.0 Å². The zero-order chi connectivity index (χ0) is 16.4. The van der Waals surface area contributed by atoms with E-state index in [4.69, 9.17) is 0 Å². The van der Waals surface area contributed by atoms with Crippen molar-refractivity contribution in [3.63, 3.8) is 0 Å². The summed E-state index contributed by atoms with van der Waals surface area (Å²) in [5.74, 6) is 1.49. The number of rotatable bonds is 0. The van der Waals surface area contributed by atoms with Gasteiger partial charge in [-0.3, -0.25) is 0 Å². The van der Waals surface area contributed by atoms with E-state index >= 15 is 0 Å². The van der Waals surface area contributed by atoms with Crippen molar-refractivity contribution in [1.29, 1.82) is 5.26 Å². The summed E-state index contributed by atoms with van der Waals surface area (Å²) < 4.78 is 0. The van der Waals surface area contributed by atoms with Crippen LogP contribution in [-0.2, 0) is 0 Å². The predicted octanol–water partition coefficient (Wildman–Crippen LogP) is 3.42. The summed E-state index contributed by atoms with van der Waals surface area (Å²) in [5.41, 5.74) is 1.60. The highest BCUT2D eigenvalue weighted by Crippen LogP contribution is 2.65. The maximum atomic E-state index is 10.6. The van der Waals surface area contributed by atoms with Gasteiger partial charge in [-0.25, -0.2) is 0 Å². The third-order valence-corrected chi connectivity index (χ3v) is 8.21. The number of aliphatic hydroxyl groups is 2. The van der Waals surface area contributed by atoms with E-state index in [1.54, 1.807) is 0 Å². The van der Waals surface area contributed by atoms with Gasteiger partial charge in [0.05, 0.1) is 24.2 Å². The molecule has 23 heavy (non-hydrogen) atoms. The second kappa shape index (κ2) is 5.07. The lowest BCUT2D eigenvalue weighted by molar-refractivity contribution is -0.0755. The molecule has 3 heteroatoms. The molecule has 4 rings (SSSR count). The van der Waals surface area contributed by atoms with E-state index in [0.717, 1.165) is 38.5 Å². The van der Waals surface area contributed by atoms with Crippen LogP contribution in [0.1, 0.15) is 58.8 Å². The molecule has 0 radical (unpaired) electrons. The van der Waals surface area contributed by atoms with Gasteiger partial charge in [0.1, 0.15) is 0 Å². The van der Waals surface area contributed by atoms with Crippen LogP contribution in [0.2, 0.25) is 0 Å². The van der Waals surface area contributed by atoms with Crippen molar-refractivity contribution < 1.29 is 10.2 Å². The third kappa shape index (κ3) is 2.01. The minimum atomic E-state index is -0.315. The Hall–Kier alpha value is -0.850.